The van der Waals surface area contributed by atoms with Gasteiger partial charge in [-0.1, -0.05) is 23.7 Å². The van der Waals surface area contributed by atoms with Gasteiger partial charge in [0.2, 0.25) is 0 Å². The largest absolute Gasteiger partial charge is 0.481 e. The van der Waals surface area contributed by atoms with Gasteiger partial charge in [-0.3, -0.25) is 4.79 Å². The summed E-state index contributed by atoms with van der Waals surface area (Å²) in [6, 6.07) is 5.47. The van der Waals surface area contributed by atoms with Crippen LogP contribution in [0.4, 0.5) is 0 Å². The predicted octanol–water partition coefficient (Wildman–Crippen LogP) is 2.45. The first kappa shape index (κ1) is 8.57. The van der Waals surface area contributed by atoms with E-state index in [1.807, 2.05) is 18.2 Å². The molecule has 0 saturated carbocycles. The molecule has 0 spiro atoms. The molecule has 1 aromatic carbocycles. The molecule has 0 amide bonds. The van der Waals surface area contributed by atoms with Crippen LogP contribution in [0.1, 0.15) is 23.5 Å². The van der Waals surface area contributed by atoms with E-state index in [0.29, 0.717) is 11.4 Å². The van der Waals surface area contributed by atoms with Crippen LogP contribution >= 0.6 is 11.6 Å². The monoisotopic (exact) mass is 196 g/mol. The lowest BCUT2D eigenvalue weighted by atomic mass is 10.0. The Balaban J connectivity index is 2.49. The normalized spacial score (nSPS) is 19.9. The molecule has 2 rings (SSSR count). The highest BCUT2D eigenvalue weighted by molar-refractivity contribution is 6.31. The number of carbonyl (C=O) groups is 1. The van der Waals surface area contributed by atoms with E-state index in [1.54, 1.807) is 0 Å². The van der Waals surface area contributed by atoms with E-state index < -0.39 is 5.97 Å². The van der Waals surface area contributed by atoms with E-state index in [-0.39, 0.29) is 5.92 Å². The van der Waals surface area contributed by atoms with Gasteiger partial charge in [-0.2, -0.15) is 0 Å². The minimum atomic E-state index is -0.749. The summed E-state index contributed by atoms with van der Waals surface area (Å²) in [5.41, 5.74) is 1.90. The highest BCUT2D eigenvalue weighted by Crippen LogP contribution is 2.36. The van der Waals surface area contributed by atoms with E-state index in [9.17, 15) is 4.79 Å². The number of hydrogen-bond acceptors (Lipinski definition) is 1. The number of halogens is 1. The van der Waals surface area contributed by atoms with Crippen molar-refractivity contribution in [2.45, 2.75) is 18.8 Å². The Morgan fingerprint density at radius 1 is 1.54 bits per heavy atom. The number of fused-ring (bicyclic) bond motifs is 1. The Bertz CT molecular complexity index is 360. The second-order valence-corrected chi connectivity index (χ2v) is 3.64. The standard InChI is InChI=1S/C10H9ClO2/c11-9-3-1-2-6-7(9)4-5-8(6)10(12)13/h1-3,8H,4-5H2,(H,12,13)/t8-/m1/s1. The molecule has 1 aromatic rings. The molecular formula is C10H9ClO2. The van der Waals surface area contributed by atoms with Crippen molar-refractivity contribution in [3.8, 4) is 0 Å². The van der Waals surface area contributed by atoms with E-state index in [0.717, 1.165) is 17.5 Å². The Labute approximate surface area is 81.1 Å². The van der Waals surface area contributed by atoms with Crippen LogP contribution in [-0.4, -0.2) is 11.1 Å². The Morgan fingerprint density at radius 2 is 2.31 bits per heavy atom. The molecular weight excluding hydrogens is 188 g/mol. The van der Waals surface area contributed by atoms with Crippen molar-refractivity contribution in [1.29, 1.82) is 0 Å². The maximum absolute atomic E-state index is 10.8. The van der Waals surface area contributed by atoms with Crippen molar-refractivity contribution < 1.29 is 9.90 Å². The zero-order valence-corrected chi connectivity index (χ0v) is 7.71. The van der Waals surface area contributed by atoms with Gasteiger partial charge in [0.25, 0.3) is 0 Å². The first-order valence-corrected chi connectivity index (χ1v) is 4.58. The van der Waals surface area contributed by atoms with E-state index >= 15 is 0 Å². The molecule has 0 unspecified atom stereocenters. The summed E-state index contributed by atoms with van der Waals surface area (Å²) in [6.07, 6.45) is 1.46. The van der Waals surface area contributed by atoms with Gasteiger partial charge in [-0.25, -0.2) is 0 Å². The summed E-state index contributed by atoms with van der Waals surface area (Å²) in [5.74, 6) is -1.10. The van der Waals surface area contributed by atoms with Crippen LogP contribution in [0.3, 0.4) is 0 Å². The second-order valence-electron chi connectivity index (χ2n) is 3.24. The number of rotatable bonds is 1. The molecule has 2 nitrogen and oxygen atoms in total. The molecule has 68 valence electrons. The van der Waals surface area contributed by atoms with Crippen molar-refractivity contribution in [1.82, 2.24) is 0 Å². The van der Waals surface area contributed by atoms with Gasteiger partial charge >= 0.3 is 5.97 Å². The lowest BCUT2D eigenvalue weighted by Gasteiger charge is -2.05. The molecule has 1 aliphatic rings. The summed E-state index contributed by atoms with van der Waals surface area (Å²) in [5, 5.41) is 9.60. The maximum atomic E-state index is 10.8. The summed E-state index contributed by atoms with van der Waals surface area (Å²) < 4.78 is 0. The summed E-state index contributed by atoms with van der Waals surface area (Å²) in [4.78, 5) is 10.8. The Morgan fingerprint density at radius 3 is 3.00 bits per heavy atom. The molecule has 13 heavy (non-hydrogen) atoms. The third-order valence-electron chi connectivity index (χ3n) is 2.51. The minimum Gasteiger partial charge on any atom is -0.481 e. The number of hydrogen-bond donors (Lipinski definition) is 1. The van der Waals surface area contributed by atoms with Crippen molar-refractivity contribution in [3.63, 3.8) is 0 Å². The zero-order valence-electron chi connectivity index (χ0n) is 6.96. The van der Waals surface area contributed by atoms with Crippen LogP contribution in [0.2, 0.25) is 5.02 Å². The van der Waals surface area contributed by atoms with Crippen molar-refractivity contribution in [3.05, 3.63) is 34.3 Å². The minimum absolute atomic E-state index is 0.353. The van der Waals surface area contributed by atoms with Gasteiger partial charge in [-0.15, -0.1) is 0 Å². The molecule has 0 aliphatic heterocycles. The molecule has 3 heteroatoms. The number of aliphatic carboxylic acids is 1. The number of carboxylic acid groups (broad SMARTS) is 1. The zero-order chi connectivity index (χ0) is 9.42. The van der Waals surface area contributed by atoms with Crippen LogP contribution in [0.15, 0.2) is 18.2 Å². The first-order valence-electron chi connectivity index (χ1n) is 4.20. The fourth-order valence-electron chi connectivity index (χ4n) is 1.87. The SMILES string of the molecule is O=C(O)[C@@H]1CCc2c(Cl)cccc21. The maximum Gasteiger partial charge on any atom is 0.310 e. The quantitative estimate of drug-likeness (QED) is 0.749. The van der Waals surface area contributed by atoms with Gasteiger partial charge in [0, 0.05) is 5.02 Å². The van der Waals surface area contributed by atoms with Gasteiger partial charge in [0.05, 0.1) is 5.92 Å². The number of carboxylic acids is 1. The topological polar surface area (TPSA) is 37.3 Å². The molecule has 0 bridgehead atoms. The third kappa shape index (κ3) is 1.31. The van der Waals surface area contributed by atoms with E-state index in [1.165, 1.54) is 0 Å². The lowest BCUT2D eigenvalue weighted by Crippen LogP contribution is -2.07. The van der Waals surface area contributed by atoms with Crippen LogP contribution < -0.4 is 0 Å². The van der Waals surface area contributed by atoms with Gasteiger partial charge in [0.15, 0.2) is 0 Å². The Kier molecular flexibility index (Phi) is 2.00. The summed E-state index contributed by atoms with van der Waals surface area (Å²) in [6.45, 7) is 0. The van der Waals surface area contributed by atoms with Gasteiger partial charge in [0.1, 0.15) is 0 Å². The van der Waals surface area contributed by atoms with E-state index in [2.05, 4.69) is 0 Å². The predicted molar refractivity (Wildman–Crippen MR) is 50.1 cm³/mol. The molecule has 0 radical (unpaired) electrons. The molecule has 0 saturated heterocycles. The van der Waals surface area contributed by atoms with Crippen molar-refractivity contribution >= 4 is 17.6 Å². The average Bonchev–Trinajstić information content (AvgIpc) is 2.48. The van der Waals surface area contributed by atoms with Gasteiger partial charge < -0.3 is 5.11 Å². The highest BCUT2D eigenvalue weighted by Gasteiger charge is 2.29. The molecule has 1 N–H and O–H groups in total. The lowest BCUT2D eigenvalue weighted by molar-refractivity contribution is -0.138. The van der Waals surface area contributed by atoms with E-state index in [4.69, 9.17) is 16.7 Å². The fraction of sp³-hybridized carbons (Fsp3) is 0.300. The molecule has 0 heterocycles. The summed E-state index contributed by atoms with van der Waals surface area (Å²) in [7, 11) is 0. The Hall–Kier alpha value is -1.02. The first-order chi connectivity index (χ1) is 6.20. The van der Waals surface area contributed by atoms with Crippen LogP contribution in [0.25, 0.3) is 0 Å². The van der Waals surface area contributed by atoms with Crippen LogP contribution in [0.5, 0.6) is 0 Å². The number of benzene rings is 1. The average molecular weight is 197 g/mol. The fourth-order valence-corrected chi connectivity index (χ4v) is 2.14. The molecule has 1 atom stereocenters. The smallest absolute Gasteiger partial charge is 0.310 e. The van der Waals surface area contributed by atoms with Crippen molar-refractivity contribution in [2.24, 2.45) is 0 Å². The second kappa shape index (κ2) is 3.04. The van der Waals surface area contributed by atoms with Crippen LogP contribution in [-0.2, 0) is 11.2 Å². The highest BCUT2D eigenvalue weighted by atomic mass is 35.5. The molecule has 0 fully saturated rings. The van der Waals surface area contributed by atoms with Crippen molar-refractivity contribution in [2.75, 3.05) is 0 Å². The summed E-state index contributed by atoms with van der Waals surface area (Å²) >= 11 is 5.95. The molecule has 1 aliphatic carbocycles. The van der Waals surface area contributed by atoms with Crippen LogP contribution in [0, 0.1) is 0 Å². The molecule has 0 aromatic heterocycles. The third-order valence-corrected chi connectivity index (χ3v) is 2.87. The van der Waals surface area contributed by atoms with Gasteiger partial charge in [-0.05, 0) is 30.0 Å².